The molecule has 1 unspecified atom stereocenters. The van der Waals surface area contributed by atoms with Gasteiger partial charge in [0.05, 0.1) is 29.3 Å². The maximum Gasteiger partial charge on any atom is 0.189 e. The average molecular weight is 481 g/mol. The van der Waals surface area contributed by atoms with Crippen LogP contribution in [0.3, 0.4) is 0 Å². The van der Waals surface area contributed by atoms with Gasteiger partial charge in [-0.05, 0) is 37.8 Å². The van der Waals surface area contributed by atoms with E-state index in [1.165, 1.54) is 6.07 Å². The summed E-state index contributed by atoms with van der Waals surface area (Å²) in [6.45, 7) is 1.42. The maximum absolute atomic E-state index is 14.3. The summed E-state index contributed by atoms with van der Waals surface area (Å²) in [7, 11) is 0. The van der Waals surface area contributed by atoms with Gasteiger partial charge in [-0.1, -0.05) is 6.07 Å². The molecule has 0 spiro atoms. The molecular weight excluding hydrogens is 454 g/mol. The van der Waals surface area contributed by atoms with E-state index in [2.05, 4.69) is 19.9 Å². The Balaban J connectivity index is 1.52. The number of benzene rings is 1. The standard InChI is InChI=1S/C25H26F2N6O2/c26-16-4-1-5-17(27)21(16)18-11-31-25(29)23(32-18)20(35)9-13-10-30-22-15(6-7-19(22)34)24(13)33-8-2-3-14(28)12-33/h1,4-5,10-11,14,19,34H,2-3,6-9,12,28H2,(H2,29,31)/t14-,19?/m0/s1. The first-order chi connectivity index (χ1) is 16.8. The summed E-state index contributed by atoms with van der Waals surface area (Å²) in [6.07, 6.45) is 5.09. The molecule has 0 saturated carbocycles. The number of anilines is 2. The Morgan fingerprint density at radius 3 is 2.69 bits per heavy atom. The summed E-state index contributed by atoms with van der Waals surface area (Å²) in [6, 6.07) is 3.48. The van der Waals surface area contributed by atoms with E-state index < -0.39 is 23.5 Å². The van der Waals surface area contributed by atoms with E-state index in [4.69, 9.17) is 11.5 Å². The van der Waals surface area contributed by atoms with E-state index in [0.29, 0.717) is 30.6 Å². The second-order valence-electron chi connectivity index (χ2n) is 9.08. The van der Waals surface area contributed by atoms with Crippen LogP contribution < -0.4 is 16.4 Å². The molecule has 8 nitrogen and oxygen atoms in total. The molecule has 1 aliphatic heterocycles. The molecule has 3 aromatic rings. The molecule has 0 radical (unpaired) electrons. The fourth-order valence-corrected chi connectivity index (χ4v) is 5.01. The monoisotopic (exact) mass is 480 g/mol. The van der Waals surface area contributed by atoms with Gasteiger partial charge in [0.2, 0.25) is 0 Å². The van der Waals surface area contributed by atoms with Crippen LogP contribution in [-0.4, -0.2) is 45.0 Å². The van der Waals surface area contributed by atoms with Crippen LogP contribution in [0.15, 0.2) is 30.6 Å². The minimum absolute atomic E-state index is 0.0105. The quantitative estimate of drug-likeness (QED) is 0.475. The highest BCUT2D eigenvalue weighted by Crippen LogP contribution is 2.39. The van der Waals surface area contributed by atoms with E-state index in [9.17, 15) is 18.7 Å². The van der Waals surface area contributed by atoms with Gasteiger partial charge < -0.3 is 21.5 Å². The van der Waals surface area contributed by atoms with Crippen LogP contribution in [0.2, 0.25) is 0 Å². The highest BCUT2D eigenvalue weighted by Gasteiger charge is 2.31. The van der Waals surface area contributed by atoms with Crippen molar-refractivity contribution in [1.82, 2.24) is 15.0 Å². The van der Waals surface area contributed by atoms with Crippen molar-refractivity contribution in [3.8, 4) is 11.3 Å². The number of aliphatic hydroxyl groups excluding tert-OH is 1. The SMILES string of the molecule is Nc1ncc(-c2c(F)cccc2F)nc1C(=O)Cc1cnc2c(c1N1CCC[C@H](N)C1)CCC2O. The lowest BCUT2D eigenvalue weighted by atomic mass is 9.98. The Kier molecular flexibility index (Phi) is 6.16. The summed E-state index contributed by atoms with van der Waals surface area (Å²) in [4.78, 5) is 28.1. The number of hydrogen-bond acceptors (Lipinski definition) is 8. The fraction of sp³-hybridized carbons (Fsp3) is 0.360. The molecule has 1 fully saturated rings. The summed E-state index contributed by atoms with van der Waals surface area (Å²) >= 11 is 0. The van der Waals surface area contributed by atoms with E-state index in [1.54, 1.807) is 6.20 Å². The van der Waals surface area contributed by atoms with Gasteiger partial charge in [-0.2, -0.15) is 0 Å². The number of hydrogen-bond donors (Lipinski definition) is 3. The first-order valence-electron chi connectivity index (χ1n) is 11.6. The maximum atomic E-state index is 14.3. The number of aromatic nitrogens is 3. The van der Waals surface area contributed by atoms with Crippen molar-refractivity contribution in [2.45, 2.75) is 44.2 Å². The van der Waals surface area contributed by atoms with Crippen LogP contribution in [0.25, 0.3) is 11.3 Å². The van der Waals surface area contributed by atoms with Crippen molar-refractivity contribution in [3.05, 3.63) is 64.7 Å². The molecular formula is C25H26F2N6O2. The van der Waals surface area contributed by atoms with Crippen LogP contribution in [0.1, 0.15) is 52.7 Å². The normalized spacial score (nSPS) is 19.6. The number of aliphatic hydroxyl groups is 1. The average Bonchev–Trinajstić information content (AvgIpc) is 3.20. The second kappa shape index (κ2) is 9.27. The van der Waals surface area contributed by atoms with Gasteiger partial charge in [0.1, 0.15) is 17.3 Å². The Bertz CT molecular complexity index is 1280. The number of halogens is 2. The molecule has 2 atom stereocenters. The van der Waals surface area contributed by atoms with Crippen molar-refractivity contribution in [2.75, 3.05) is 23.7 Å². The van der Waals surface area contributed by atoms with Crippen molar-refractivity contribution in [2.24, 2.45) is 5.73 Å². The molecule has 5 N–H and O–H groups in total. The van der Waals surface area contributed by atoms with Gasteiger partial charge >= 0.3 is 0 Å². The number of nitrogen functional groups attached to an aromatic ring is 1. The molecule has 0 bridgehead atoms. The molecule has 182 valence electrons. The van der Waals surface area contributed by atoms with Gasteiger partial charge in [0.25, 0.3) is 0 Å². The highest BCUT2D eigenvalue weighted by molar-refractivity contribution is 6.00. The number of nitrogens with two attached hydrogens (primary N) is 2. The lowest BCUT2D eigenvalue weighted by molar-refractivity contribution is 0.0989. The zero-order valence-electron chi connectivity index (χ0n) is 19.0. The van der Waals surface area contributed by atoms with Gasteiger partial charge in [-0.25, -0.2) is 18.7 Å². The fourth-order valence-electron chi connectivity index (χ4n) is 5.01. The van der Waals surface area contributed by atoms with E-state index in [1.807, 2.05) is 0 Å². The molecule has 1 aromatic carbocycles. The highest BCUT2D eigenvalue weighted by atomic mass is 19.1. The number of carbonyl (C=O) groups excluding carboxylic acids is 1. The number of ketones is 1. The van der Waals surface area contributed by atoms with E-state index in [-0.39, 0.29) is 35.2 Å². The lowest BCUT2D eigenvalue weighted by Crippen LogP contribution is -2.43. The van der Waals surface area contributed by atoms with Crippen molar-refractivity contribution in [3.63, 3.8) is 0 Å². The van der Waals surface area contributed by atoms with Crippen molar-refractivity contribution < 1.29 is 18.7 Å². The molecule has 35 heavy (non-hydrogen) atoms. The first kappa shape index (κ1) is 23.3. The minimum Gasteiger partial charge on any atom is -0.387 e. The number of fused-ring (bicyclic) bond motifs is 1. The molecule has 3 heterocycles. The Hall–Kier alpha value is -3.50. The van der Waals surface area contributed by atoms with Crippen LogP contribution >= 0.6 is 0 Å². The molecule has 5 rings (SSSR count). The lowest BCUT2D eigenvalue weighted by Gasteiger charge is -2.35. The summed E-state index contributed by atoms with van der Waals surface area (Å²) < 4.78 is 28.6. The topological polar surface area (TPSA) is 131 Å². The van der Waals surface area contributed by atoms with Crippen LogP contribution in [0, 0.1) is 11.6 Å². The van der Waals surface area contributed by atoms with Crippen LogP contribution in [-0.2, 0) is 12.8 Å². The van der Waals surface area contributed by atoms with Gasteiger partial charge in [-0.15, -0.1) is 0 Å². The number of carbonyl (C=O) groups is 1. The number of nitrogens with zero attached hydrogens (tertiary/aromatic N) is 4. The van der Waals surface area contributed by atoms with Gasteiger partial charge in [0.15, 0.2) is 11.6 Å². The van der Waals surface area contributed by atoms with Crippen molar-refractivity contribution in [1.29, 1.82) is 0 Å². The number of piperidine rings is 1. The van der Waals surface area contributed by atoms with Crippen LogP contribution in [0.5, 0.6) is 0 Å². The van der Waals surface area contributed by atoms with Crippen molar-refractivity contribution >= 4 is 17.3 Å². The molecule has 2 aliphatic rings. The zero-order valence-corrected chi connectivity index (χ0v) is 19.0. The summed E-state index contributed by atoms with van der Waals surface area (Å²) in [5, 5.41) is 10.4. The summed E-state index contributed by atoms with van der Waals surface area (Å²) in [5.41, 5.74) is 14.6. The van der Waals surface area contributed by atoms with Gasteiger partial charge in [0, 0.05) is 48.6 Å². The van der Waals surface area contributed by atoms with E-state index >= 15 is 0 Å². The third-order valence-corrected chi connectivity index (χ3v) is 6.65. The van der Waals surface area contributed by atoms with E-state index in [0.717, 1.165) is 49.0 Å². The molecule has 0 amide bonds. The Labute approximate surface area is 201 Å². The Morgan fingerprint density at radius 2 is 1.94 bits per heavy atom. The Morgan fingerprint density at radius 1 is 1.17 bits per heavy atom. The predicted molar refractivity (Wildman–Crippen MR) is 127 cm³/mol. The smallest absolute Gasteiger partial charge is 0.189 e. The third-order valence-electron chi connectivity index (χ3n) is 6.65. The largest absolute Gasteiger partial charge is 0.387 e. The first-order valence-corrected chi connectivity index (χ1v) is 11.6. The molecule has 1 aliphatic carbocycles. The predicted octanol–water partition coefficient (Wildman–Crippen LogP) is 2.73. The number of pyridine rings is 1. The third kappa shape index (κ3) is 4.35. The molecule has 10 heteroatoms. The summed E-state index contributed by atoms with van der Waals surface area (Å²) in [5.74, 6) is -2.20. The van der Waals surface area contributed by atoms with Crippen LogP contribution in [0.4, 0.5) is 20.3 Å². The zero-order chi connectivity index (χ0) is 24.7. The molecule has 2 aromatic heterocycles. The minimum atomic E-state index is -0.812. The van der Waals surface area contributed by atoms with Gasteiger partial charge in [-0.3, -0.25) is 9.78 Å². The molecule has 1 saturated heterocycles. The number of Topliss-reactive ketones (excluding diaryl/α,β-unsaturated/α-hetero) is 1. The second-order valence-corrected chi connectivity index (χ2v) is 9.08. The number of rotatable bonds is 5.